The molecule has 0 atom stereocenters. The molecule has 2 heterocycles. The monoisotopic (exact) mass is 331 g/mol. The fraction of sp³-hybridized carbons (Fsp3) is 0.588. The Morgan fingerprint density at radius 1 is 1.33 bits per heavy atom. The third-order valence-electron chi connectivity index (χ3n) is 5.65. The number of nitro groups is 1. The molecule has 4 rings (SSSR count). The van der Waals surface area contributed by atoms with Crippen molar-refractivity contribution >= 4 is 17.3 Å². The van der Waals surface area contributed by atoms with Crippen molar-refractivity contribution in [1.82, 2.24) is 4.90 Å². The second kappa shape index (κ2) is 5.44. The highest BCUT2D eigenvalue weighted by atomic mass is 16.6. The fourth-order valence-electron chi connectivity index (χ4n) is 3.97. The summed E-state index contributed by atoms with van der Waals surface area (Å²) in [6.07, 6.45) is 4.27. The van der Waals surface area contributed by atoms with Crippen LogP contribution >= 0.6 is 0 Å². The van der Waals surface area contributed by atoms with Crippen LogP contribution in [0.1, 0.15) is 37.7 Å². The van der Waals surface area contributed by atoms with Crippen molar-refractivity contribution in [2.24, 2.45) is 0 Å². The zero-order chi connectivity index (χ0) is 16.9. The van der Waals surface area contributed by atoms with Gasteiger partial charge in [0.05, 0.1) is 22.1 Å². The molecular weight excluding hydrogens is 310 g/mol. The number of fused-ring (bicyclic) bond motifs is 2. The van der Waals surface area contributed by atoms with Gasteiger partial charge < -0.3 is 15.0 Å². The van der Waals surface area contributed by atoms with E-state index in [-0.39, 0.29) is 17.7 Å². The van der Waals surface area contributed by atoms with Crippen LogP contribution in [0.2, 0.25) is 0 Å². The Bertz CT molecular complexity index is 706. The third kappa shape index (κ3) is 2.26. The molecule has 1 aliphatic carbocycles. The molecule has 24 heavy (non-hydrogen) atoms. The Balaban J connectivity index is 1.70. The summed E-state index contributed by atoms with van der Waals surface area (Å²) in [5, 5.41) is 14.3. The van der Waals surface area contributed by atoms with Gasteiger partial charge in [0.15, 0.2) is 0 Å². The number of likely N-dealkylation sites (tertiary alicyclic amines) is 1. The van der Waals surface area contributed by atoms with Gasteiger partial charge in [0.25, 0.3) is 5.69 Å². The SMILES string of the molecule is CN1CCC(Oc2cc([N+](=O)[O-])cc3c2NC(=O)C32CCC2)CC1. The Morgan fingerprint density at radius 3 is 2.62 bits per heavy atom. The van der Waals surface area contributed by atoms with Gasteiger partial charge in [0.1, 0.15) is 11.9 Å². The topological polar surface area (TPSA) is 84.7 Å². The fourth-order valence-corrected chi connectivity index (χ4v) is 3.97. The molecule has 2 aliphatic heterocycles. The Labute approximate surface area is 140 Å². The number of rotatable bonds is 3. The van der Waals surface area contributed by atoms with Crippen LogP contribution < -0.4 is 10.1 Å². The summed E-state index contributed by atoms with van der Waals surface area (Å²) in [5.74, 6) is 0.406. The minimum Gasteiger partial charge on any atom is -0.488 e. The summed E-state index contributed by atoms with van der Waals surface area (Å²) in [4.78, 5) is 25.6. The van der Waals surface area contributed by atoms with Gasteiger partial charge in [-0.2, -0.15) is 0 Å². The first kappa shape index (κ1) is 15.4. The van der Waals surface area contributed by atoms with Crippen LogP contribution in [0.25, 0.3) is 0 Å². The van der Waals surface area contributed by atoms with E-state index in [1.165, 1.54) is 6.07 Å². The number of benzene rings is 1. The van der Waals surface area contributed by atoms with Crippen LogP contribution in [0.15, 0.2) is 12.1 Å². The van der Waals surface area contributed by atoms with Gasteiger partial charge >= 0.3 is 0 Å². The van der Waals surface area contributed by atoms with Crippen molar-refractivity contribution in [2.45, 2.75) is 43.6 Å². The second-order valence-electron chi connectivity index (χ2n) is 7.13. The zero-order valence-corrected chi connectivity index (χ0v) is 13.7. The van der Waals surface area contributed by atoms with Crippen LogP contribution in [0.5, 0.6) is 5.75 Å². The number of nitrogens with one attached hydrogen (secondary N) is 1. The number of carbonyl (C=O) groups excluding carboxylic acids is 1. The maximum absolute atomic E-state index is 12.5. The Kier molecular flexibility index (Phi) is 3.49. The molecular formula is C17H21N3O4. The van der Waals surface area contributed by atoms with Crippen LogP contribution in [0.3, 0.4) is 0 Å². The number of hydrogen-bond acceptors (Lipinski definition) is 5. The van der Waals surface area contributed by atoms with Gasteiger partial charge in [-0.05, 0) is 32.7 Å². The van der Waals surface area contributed by atoms with Crippen LogP contribution in [-0.4, -0.2) is 42.0 Å². The van der Waals surface area contributed by atoms with E-state index in [2.05, 4.69) is 17.3 Å². The third-order valence-corrected chi connectivity index (χ3v) is 5.65. The predicted molar refractivity (Wildman–Crippen MR) is 88.4 cm³/mol. The number of piperidine rings is 1. The van der Waals surface area contributed by atoms with Gasteiger partial charge in [-0.15, -0.1) is 0 Å². The molecule has 1 aromatic carbocycles. The average Bonchev–Trinajstić information content (AvgIpc) is 2.81. The molecule has 128 valence electrons. The van der Waals surface area contributed by atoms with Crippen LogP contribution in [0, 0.1) is 10.1 Å². The molecule has 1 aromatic rings. The van der Waals surface area contributed by atoms with E-state index in [9.17, 15) is 14.9 Å². The Morgan fingerprint density at radius 2 is 2.04 bits per heavy atom. The van der Waals surface area contributed by atoms with E-state index < -0.39 is 10.3 Å². The summed E-state index contributed by atoms with van der Waals surface area (Å²) in [5.41, 5.74) is 0.811. The van der Waals surface area contributed by atoms with E-state index in [1.54, 1.807) is 6.07 Å². The first-order valence-electron chi connectivity index (χ1n) is 8.49. The summed E-state index contributed by atoms with van der Waals surface area (Å²) in [7, 11) is 2.07. The lowest BCUT2D eigenvalue weighted by Gasteiger charge is -2.36. The second-order valence-corrected chi connectivity index (χ2v) is 7.13. The van der Waals surface area contributed by atoms with E-state index in [0.717, 1.165) is 50.8 Å². The largest absolute Gasteiger partial charge is 0.488 e. The molecule has 1 saturated carbocycles. The first-order valence-corrected chi connectivity index (χ1v) is 8.49. The lowest BCUT2D eigenvalue weighted by atomic mass is 9.65. The highest BCUT2D eigenvalue weighted by Crippen LogP contribution is 2.54. The number of ether oxygens (including phenoxy) is 1. The maximum Gasteiger partial charge on any atom is 0.273 e. The molecule has 1 saturated heterocycles. The van der Waals surface area contributed by atoms with Gasteiger partial charge in [0.2, 0.25) is 5.91 Å². The number of nitro benzene ring substituents is 1. The smallest absolute Gasteiger partial charge is 0.273 e. The molecule has 0 aromatic heterocycles. The molecule has 1 N–H and O–H groups in total. The summed E-state index contributed by atoms with van der Waals surface area (Å²) in [6, 6.07) is 3.00. The average molecular weight is 331 g/mol. The molecule has 1 amide bonds. The van der Waals surface area contributed by atoms with Crippen molar-refractivity contribution in [3.63, 3.8) is 0 Å². The van der Waals surface area contributed by atoms with Crippen molar-refractivity contribution in [3.05, 3.63) is 27.8 Å². The number of non-ortho nitro benzene ring substituents is 1. The summed E-state index contributed by atoms with van der Waals surface area (Å²) >= 11 is 0. The number of hydrogen-bond donors (Lipinski definition) is 1. The van der Waals surface area contributed by atoms with Gasteiger partial charge in [-0.25, -0.2) is 0 Å². The van der Waals surface area contributed by atoms with Gasteiger partial charge in [0, 0.05) is 24.7 Å². The maximum atomic E-state index is 12.5. The number of anilines is 1. The molecule has 0 unspecified atom stereocenters. The minimum atomic E-state index is -0.577. The minimum absolute atomic E-state index is 0.000507. The van der Waals surface area contributed by atoms with E-state index in [0.29, 0.717) is 11.4 Å². The van der Waals surface area contributed by atoms with Crippen molar-refractivity contribution < 1.29 is 14.5 Å². The van der Waals surface area contributed by atoms with Gasteiger partial charge in [-0.1, -0.05) is 6.42 Å². The van der Waals surface area contributed by atoms with E-state index in [4.69, 9.17) is 4.74 Å². The highest BCUT2D eigenvalue weighted by molar-refractivity contribution is 6.08. The quantitative estimate of drug-likeness (QED) is 0.679. The van der Waals surface area contributed by atoms with E-state index >= 15 is 0 Å². The zero-order valence-electron chi connectivity index (χ0n) is 13.7. The molecule has 0 radical (unpaired) electrons. The Hall–Kier alpha value is -2.15. The molecule has 0 bridgehead atoms. The lowest BCUT2D eigenvalue weighted by molar-refractivity contribution is -0.385. The van der Waals surface area contributed by atoms with Crippen molar-refractivity contribution in [2.75, 3.05) is 25.5 Å². The van der Waals surface area contributed by atoms with Crippen molar-refractivity contribution in [3.8, 4) is 5.75 Å². The summed E-state index contributed by atoms with van der Waals surface area (Å²) < 4.78 is 6.10. The molecule has 1 spiro atoms. The molecule has 7 heteroatoms. The van der Waals surface area contributed by atoms with Crippen LogP contribution in [0.4, 0.5) is 11.4 Å². The highest BCUT2D eigenvalue weighted by Gasteiger charge is 2.52. The molecule has 3 aliphatic rings. The van der Waals surface area contributed by atoms with Crippen molar-refractivity contribution in [1.29, 1.82) is 0 Å². The number of carbonyl (C=O) groups is 1. The first-order chi connectivity index (χ1) is 11.5. The normalized spacial score (nSPS) is 22.8. The van der Waals surface area contributed by atoms with Crippen LogP contribution in [-0.2, 0) is 10.2 Å². The predicted octanol–water partition coefficient (Wildman–Crippen LogP) is 2.44. The molecule has 7 nitrogen and oxygen atoms in total. The number of amides is 1. The van der Waals surface area contributed by atoms with Gasteiger partial charge in [-0.3, -0.25) is 14.9 Å². The standard InChI is InChI=1S/C17H21N3O4/c1-19-7-3-12(4-8-19)24-14-10-11(20(22)23)9-13-15(14)18-16(21)17(13)5-2-6-17/h9-10,12H,2-8H2,1H3,(H,18,21). The molecule has 2 fully saturated rings. The van der Waals surface area contributed by atoms with E-state index in [1.807, 2.05) is 0 Å². The summed E-state index contributed by atoms with van der Waals surface area (Å²) in [6.45, 7) is 1.89. The lowest BCUT2D eigenvalue weighted by Crippen LogP contribution is -2.40. The number of nitrogens with zero attached hydrogens (tertiary/aromatic N) is 2.